The van der Waals surface area contributed by atoms with Gasteiger partial charge in [-0.3, -0.25) is 4.79 Å². The summed E-state index contributed by atoms with van der Waals surface area (Å²) in [5.74, 6) is 1.39. The molecule has 0 bridgehead atoms. The van der Waals surface area contributed by atoms with Gasteiger partial charge < -0.3 is 20.5 Å². The van der Waals surface area contributed by atoms with Crippen LogP contribution in [0.15, 0.2) is 36.5 Å². The number of hydrogen-bond acceptors (Lipinski definition) is 5. The maximum Gasteiger partial charge on any atom is 0.231 e. The molecule has 0 atom stereocenters. The predicted molar refractivity (Wildman–Crippen MR) is 104 cm³/mol. The molecule has 0 saturated heterocycles. The molecule has 26 heavy (non-hydrogen) atoms. The van der Waals surface area contributed by atoms with Crippen LogP contribution in [0.5, 0.6) is 0 Å². The summed E-state index contributed by atoms with van der Waals surface area (Å²) < 4.78 is 0. The molecule has 0 unspecified atom stereocenters. The molecule has 2 heterocycles. The standard InChI is InChI=1S/C19H22N6O/c1-12(26)25(2)15-8-6-14(7-9-15)22-19-23-17-16(10-11-20-17)18(24-19)21-13-4-3-5-13/h6-11,13H,3-5H2,1-2H3,(H3,20,21,22,23,24). The summed E-state index contributed by atoms with van der Waals surface area (Å²) >= 11 is 0. The van der Waals surface area contributed by atoms with E-state index in [1.165, 1.54) is 19.3 Å². The van der Waals surface area contributed by atoms with Crippen molar-refractivity contribution >= 4 is 40.1 Å². The second-order valence-electron chi connectivity index (χ2n) is 6.66. The smallest absolute Gasteiger partial charge is 0.231 e. The highest BCUT2D eigenvalue weighted by Crippen LogP contribution is 2.28. The Morgan fingerprint density at radius 2 is 1.96 bits per heavy atom. The Hall–Kier alpha value is -3.09. The van der Waals surface area contributed by atoms with Crippen molar-refractivity contribution < 1.29 is 4.79 Å². The fourth-order valence-electron chi connectivity index (χ4n) is 2.93. The normalized spacial score (nSPS) is 14.1. The Morgan fingerprint density at radius 1 is 1.19 bits per heavy atom. The van der Waals surface area contributed by atoms with Crippen molar-refractivity contribution in [3.05, 3.63) is 36.5 Å². The Morgan fingerprint density at radius 3 is 2.62 bits per heavy atom. The first kappa shape index (κ1) is 16.4. The molecule has 4 rings (SSSR count). The quantitative estimate of drug-likeness (QED) is 0.654. The number of rotatable bonds is 5. The molecule has 1 amide bonds. The highest BCUT2D eigenvalue weighted by molar-refractivity contribution is 5.91. The second-order valence-corrected chi connectivity index (χ2v) is 6.66. The summed E-state index contributed by atoms with van der Waals surface area (Å²) in [5.41, 5.74) is 2.51. The number of carbonyl (C=O) groups excluding carboxylic acids is 1. The fraction of sp³-hybridized carbons (Fsp3) is 0.316. The maximum absolute atomic E-state index is 11.5. The molecule has 0 spiro atoms. The molecule has 1 aliphatic rings. The molecular formula is C19H22N6O. The largest absolute Gasteiger partial charge is 0.367 e. The Kier molecular flexibility index (Phi) is 4.20. The van der Waals surface area contributed by atoms with Crippen LogP contribution >= 0.6 is 0 Å². The third-order valence-electron chi connectivity index (χ3n) is 4.84. The van der Waals surface area contributed by atoms with Crippen molar-refractivity contribution in [3.8, 4) is 0 Å². The van der Waals surface area contributed by atoms with Crippen LogP contribution in [0.3, 0.4) is 0 Å². The highest BCUT2D eigenvalue weighted by atomic mass is 16.2. The van der Waals surface area contributed by atoms with Gasteiger partial charge >= 0.3 is 0 Å². The van der Waals surface area contributed by atoms with Gasteiger partial charge in [-0.05, 0) is 49.6 Å². The number of aromatic amines is 1. The minimum Gasteiger partial charge on any atom is -0.367 e. The molecule has 1 saturated carbocycles. The number of nitrogens with zero attached hydrogens (tertiary/aromatic N) is 3. The van der Waals surface area contributed by atoms with Crippen LogP contribution in [-0.4, -0.2) is 33.9 Å². The minimum absolute atomic E-state index is 0.00190. The van der Waals surface area contributed by atoms with Crippen molar-refractivity contribution in [2.75, 3.05) is 22.6 Å². The fourth-order valence-corrected chi connectivity index (χ4v) is 2.93. The molecular weight excluding hydrogens is 328 g/mol. The van der Waals surface area contributed by atoms with Gasteiger partial charge in [0, 0.05) is 37.6 Å². The molecule has 0 radical (unpaired) electrons. The highest BCUT2D eigenvalue weighted by Gasteiger charge is 2.19. The van der Waals surface area contributed by atoms with E-state index in [4.69, 9.17) is 0 Å². The van der Waals surface area contributed by atoms with Crippen LogP contribution in [0.1, 0.15) is 26.2 Å². The van der Waals surface area contributed by atoms with Gasteiger partial charge in [0.2, 0.25) is 11.9 Å². The summed E-state index contributed by atoms with van der Waals surface area (Å²) in [4.78, 5) is 25.4. The first-order chi connectivity index (χ1) is 12.6. The summed E-state index contributed by atoms with van der Waals surface area (Å²) in [6, 6.07) is 10.1. The van der Waals surface area contributed by atoms with E-state index >= 15 is 0 Å². The van der Waals surface area contributed by atoms with Crippen LogP contribution in [-0.2, 0) is 4.79 Å². The van der Waals surface area contributed by atoms with Crippen LogP contribution in [0.4, 0.5) is 23.1 Å². The number of hydrogen-bond donors (Lipinski definition) is 3. The van der Waals surface area contributed by atoms with Crippen molar-refractivity contribution in [2.24, 2.45) is 0 Å². The number of benzene rings is 1. The Bertz CT molecular complexity index is 929. The van der Waals surface area contributed by atoms with Crippen LogP contribution in [0.2, 0.25) is 0 Å². The molecule has 1 aromatic carbocycles. The van der Waals surface area contributed by atoms with Crippen LogP contribution < -0.4 is 15.5 Å². The zero-order chi connectivity index (χ0) is 18.1. The lowest BCUT2D eigenvalue weighted by Crippen LogP contribution is -2.27. The Labute approximate surface area is 151 Å². The zero-order valence-corrected chi connectivity index (χ0v) is 14.9. The van der Waals surface area contributed by atoms with E-state index in [1.807, 2.05) is 36.5 Å². The summed E-state index contributed by atoms with van der Waals surface area (Å²) in [7, 11) is 1.76. The number of fused-ring (bicyclic) bond motifs is 1. The van der Waals surface area contributed by atoms with E-state index in [0.29, 0.717) is 12.0 Å². The SMILES string of the molecule is CC(=O)N(C)c1ccc(Nc2nc(NC3CCC3)c3cc[nH]c3n2)cc1. The Balaban J connectivity index is 1.57. The van der Waals surface area contributed by atoms with E-state index in [-0.39, 0.29) is 5.91 Å². The first-order valence-electron chi connectivity index (χ1n) is 8.83. The number of aromatic nitrogens is 3. The average Bonchev–Trinajstić information content (AvgIpc) is 3.06. The maximum atomic E-state index is 11.5. The van der Waals surface area contributed by atoms with Crippen molar-refractivity contribution in [3.63, 3.8) is 0 Å². The number of carbonyl (C=O) groups is 1. The van der Waals surface area contributed by atoms with Gasteiger partial charge in [0.1, 0.15) is 11.5 Å². The minimum atomic E-state index is -0.00190. The van der Waals surface area contributed by atoms with Crippen molar-refractivity contribution in [1.82, 2.24) is 15.0 Å². The molecule has 3 aromatic rings. The molecule has 7 nitrogen and oxygen atoms in total. The van der Waals surface area contributed by atoms with E-state index in [2.05, 4.69) is 25.6 Å². The molecule has 134 valence electrons. The number of nitrogens with one attached hydrogen (secondary N) is 3. The number of amides is 1. The lowest BCUT2D eigenvalue weighted by molar-refractivity contribution is -0.116. The van der Waals surface area contributed by atoms with E-state index in [0.717, 1.165) is 28.2 Å². The summed E-state index contributed by atoms with van der Waals surface area (Å²) in [5, 5.41) is 7.76. The lowest BCUT2D eigenvalue weighted by atomic mass is 9.93. The number of anilines is 4. The van der Waals surface area contributed by atoms with Crippen LogP contribution in [0, 0.1) is 0 Å². The number of H-pyrrole nitrogens is 1. The van der Waals surface area contributed by atoms with Gasteiger partial charge in [-0.15, -0.1) is 0 Å². The second kappa shape index (κ2) is 6.67. The first-order valence-corrected chi connectivity index (χ1v) is 8.83. The van der Waals surface area contributed by atoms with Gasteiger partial charge in [0.05, 0.1) is 5.39 Å². The predicted octanol–water partition coefficient (Wildman–Crippen LogP) is 3.65. The lowest BCUT2D eigenvalue weighted by Gasteiger charge is -2.27. The monoisotopic (exact) mass is 350 g/mol. The van der Waals surface area contributed by atoms with E-state index in [1.54, 1.807) is 18.9 Å². The molecule has 1 aliphatic carbocycles. The molecule has 2 aromatic heterocycles. The molecule has 7 heteroatoms. The summed E-state index contributed by atoms with van der Waals surface area (Å²) in [6.07, 6.45) is 5.51. The topological polar surface area (TPSA) is 85.9 Å². The van der Waals surface area contributed by atoms with Gasteiger partial charge in [0.15, 0.2) is 0 Å². The van der Waals surface area contributed by atoms with E-state index < -0.39 is 0 Å². The third kappa shape index (κ3) is 3.20. The molecule has 1 fully saturated rings. The van der Waals surface area contributed by atoms with Gasteiger partial charge in [0.25, 0.3) is 0 Å². The zero-order valence-electron chi connectivity index (χ0n) is 14.9. The van der Waals surface area contributed by atoms with Crippen LogP contribution in [0.25, 0.3) is 11.0 Å². The van der Waals surface area contributed by atoms with Gasteiger partial charge in [-0.1, -0.05) is 0 Å². The van der Waals surface area contributed by atoms with Crippen molar-refractivity contribution in [2.45, 2.75) is 32.2 Å². The third-order valence-corrected chi connectivity index (χ3v) is 4.84. The van der Waals surface area contributed by atoms with Gasteiger partial charge in [-0.25, -0.2) is 0 Å². The molecule has 0 aliphatic heterocycles. The van der Waals surface area contributed by atoms with Gasteiger partial charge in [-0.2, -0.15) is 9.97 Å². The summed E-state index contributed by atoms with van der Waals surface area (Å²) in [6.45, 7) is 1.54. The average molecular weight is 350 g/mol. The molecule has 3 N–H and O–H groups in total. The van der Waals surface area contributed by atoms with E-state index in [9.17, 15) is 4.79 Å². The van der Waals surface area contributed by atoms with Crippen molar-refractivity contribution in [1.29, 1.82) is 0 Å².